The van der Waals surface area contributed by atoms with Crippen LogP contribution in [0.2, 0.25) is 0 Å². The van der Waals surface area contributed by atoms with Gasteiger partial charge in [0.05, 0.1) is 0 Å². The Morgan fingerprint density at radius 2 is 0.935 bits per heavy atom. The number of hydrogen-bond donors (Lipinski definition) is 3. The standard InChI is InChI=1S/C14H30.C12H26.H3O4P/c1-10-11(12(2,3)4)14(8,9)13(5,6)7;1-10(2,3)9-12(7,8)11(4,5)6;1-5(2,3)4/h11H,10H2,1-9H3;9H2,1-8H3;(H3,1,2,3,4). The smallest absolute Gasteiger partial charge is 0.303 e. The summed E-state index contributed by atoms with van der Waals surface area (Å²) in [7, 11) is -4.64. The van der Waals surface area contributed by atoms with Gasteiger partial charge in [-0.3, -0.25) is 0 Å². The Balaban J connectivity index is -0.000000419. The van der Waals surface area contributed by atoms with Gasteiger partial charge in [0.1, 0.15) is 0 Å². The Kier molecular flexibility index (Phi) is 13.2. The van der Waals surface area contributed by atoms with Gasteiger partial charge in [0.15, 0.2) is 0 Å². The zero-order valence-corrected chi connectivity index (χ0v) is 25.1. The van der Waals surface area contributed by atoms with E-state index >= 15 is 0 Å². The maximum atomic E-state index is 8.88. The van der Waals surface area contributed by atoms with Crippen molar-refractivity contribution in [2.24, 2.45) is 38.4 Å². The molecular formula is C26H59O4P. The third kappa shape index (κ3) is 16.4. The highest BCUT2D eigenvalue weighted by Crippen LogP contribution is 2.51. The highest BCUT2D eigenvalue weighted by Gasteiger charge is 2.43. The Morgan fingerprint density at radius 1 is 0.645 bits per heavy atom. The molecule has 1 unspecified atom stereocenters. The normalized spacial score (nSPS) is 15.4. The van der Waals surface area contributed by atoms with E-state index in [1.807, 2.05) is 0 Å². The van der Waals surface area contributed by atoms with Gasteiger partial charge in [0.2, 0.25) is 0 Å². The molecule has 0 fully saturated rings. The topological polar surface area (TPSA) is 77.8 Å². The number of hydrogen-bond acceptors (Lipinski definition) is 1. The van der Waals surface area contributed by atoms with E-state index in [1.54, 1.807) is 0 Å². The van der Waals surface area contributed by atoms with E-state index in [9.17, 15) is 0 Å². The summed E-state index contributed by atoms with van der Waals surface area (Å²) in [6, 6.07) is 0. The Morgan fingerprint density at radius 3 is 1.00 bits per heavy atom. The van der Waals surface area contributed by atoms with Crippen molar-refractivity contribution in [3.63, 3.8) is 0 Å². The zero-order chi connectivity index (χ0) is 26.5. The summed E-state index contributed by atoms with van der Waals surface area (Å²) < 4.78 is 8.88. The molecule has 3 N–H and O–H groups in total. The molecule has 0 saturated heterocycles. The summed E-state index contributed by atoms with van der Waals surface area (Å²) in [5, 5.41) is 0. The summed E-state index contributed by atoms with van der Waals surface area (Å²) in [6.07, 6.45) is 2.55. The van der Waals surface area contributed by atoms with Crippen LogP contribution in [0.15, 0.2) is 0 Å². The van der Waals surface area contributed by atoms with Crippen molar-refractivity contribution in [1.29, 1.82) is 0 Å². The molecule has 0 aliphatic rings. The summed E-state index contributed by atoms with van der Waals surface area (Å²) in [6.45, 7) is 40.1. The van der Waals surface area contributed by atoms with Crippen LogP contribution in [0.1, 0.15) is 131 Å². The van der Waals surface area contributed by atoms with Crippen LogP contribution in [0.3, 0.4) is 0 Å². The fourth-order valence-electron chi connectivity index (χ4n) is 4.32. The van der Waals surface area contributed by atoms with E-state index in [1.165, 1.54) is 12.8 Å². The summed E-state index contributed by atoms with van der Waals surface area (Å²) >= 11 is 0. The second kappa shape index (κ2) is 11.5. The van der Waals surface area contributed by atoms with Gasteiger partial charge in [-0.25, -0.2) is 4.57 Å². The van der Waals surface area contributed by atoms with Gasteiger partial charge in [-0.05, 0) is 44.8 Å². The van der Waals surface area contributed by atoms with Crippen molar-refractivity contribution in [3.05, 3.63) is 0 Å². The summed E-state index contributed by atoms with van der Waals surface area (Å²) in [5.41, 5.74) is 2.44. The van der Waals surface area contributed by atoms with Crippen molar-refractivity contribution < 1.29 is 19.2 Å². The molecule has 0 saturated carbocycles. The molecule has 0 aliphatic carbocycles. The lowest BCUT2D eigenvalue weighted by Gasteiger charge is -2.50. The Hall–Kier alpha value is 0.110. The minimum Gasteiger partial charge on any atom is -0.303 e. The molecule has 31 heavy (non-hydrogen) atoms. The van der Waals surface area contributed by atoms with E-state index in [0.717, 1.165) is 5.92 Å². The number of phosphoric acid groups is 1. The second-order valence-corrected chi connectivity index (χ2v) is 15.7. The lowest BCUT2D eigenvalue weighted by atomic mass is 9.55. The van der Waals surface area contributed by atoms with Crippen LogP contribution < -0.4 is 0 Å². The second-order valence-electron chi connectivity index (χ2n) is 14.7. The van der Waals surface area contributed by atoms with Gasteiger partial charge in [0.25, 0.3) is 0 Å². The molecule has 0 aliphatic heterocycles. The van der Waals surface area contributed by atoms with Gasteiger partial charge >= 0.3 is 7.82 Å². The largest absolute Gasteiger partial charge is 0.466 e. The predicted molar refractivity (Wildman–Crippen MR) is 138 cm³/mol. The molecule has 0 heterocycles. The molecule has 0 amide bonds. The zero-order valence-electron chi connectivity index (χ0n) is 24.2. The maximum absolute atomic E-state index is 8.88. The van der Waals surface area contributed by atoms with E-state index in [4.69, 9.17) is 19.2 Å². The highest BCUT2D eigenvalue weighted by molar-refractivity contribution is 7.45. The molecule has 0 rings (SSSR count). The molecule has 0 bridgehead atoms. The highest BCUT2D eigenvalue weighted by atomic mass is 31.2. The van der Waals surface area contributed by atoms with Gasteiger partial charge in [-0.2, -0.15) is 0 Å². The summed E-state index contributed by atoms with van der Waals surface area (Å²) in [5.74, 6) is 0.773. The van der Waals surface area contributed by atoms with Crippen molar-refractivity contribution in [3.8, 4) is 0 Å². The van der Waals surface area contributed by atoms with E-state index < -0.39 is 7.82 Å². The first-order chi connectivity index (χ1) is 12.9. The molecule has 0 aromatic rings. The lowest BCUT2D eigenvalue weighted by molar-refractivity contribution is -0.0106. The SMILES string of the molecule is CC(C)(C)CC(C)(C)C(C)(C)C.CCC(C(C)(C)C)C(C)(C)C(C)(C)C.O=P(O)(O)O. The van der Waals surface area contributed by atoms with Crippen LogP contribution in [-0.2, 0) is 4.57 Å². The first-order valence-corrected chi connectivity index (χ1v) is 13.2. The molecule has 4 nitrogen and oxygen atoms in total. The third-order valence-corrected chi connectivity index (χ3v) is 7.26. The van der Waals surface area contributed by atoms with Gasteiger partial charge in [-0.1, -0.05) is 124 Å². The fraction of sp³-hybridized carbons (Fsp3) is 1.00. The quantitative estimate of drug-likeness (QED) is 0.363. The molecule has 0 aromatic carbocycles. The van der Waals surface area contributed by atoms with Crippen LogP contribution >= 0.6 is 7.82 Å². The van der Waals surface area contributed by atoms with Crippen LogP contribution in [-0.4, -0.2) is 14.7 Å². The van der Waals surface area contributed by atoms with Crippen LogP contribution in [0.5, 0.6) is 0 Å². The van der Waals surface area contributed by atoms with E-state index in [-0.39, 0.29) is 0 Å². The first-order valence-electron chi connectivity index (χ1n) is 11.7. The van der Waals surface area contributed by atoms with Crippen LogP contribution in [0.25, 0.3) is 0 Å². The van der Waals surface area contributed by atoms with Crippen LogP contribution in [0.4, 0.5) is 0 Å². The fourth-order valence-corrected chi connectivity index (χ4v) is 4.32. The van der Waals surface area contributed by atoms with Gasteiger partial charge in [-0.15, -0.1) is 0 Å². The number of rotatable bonds is 3. The predicted octanol–water partition coefficient (Wildman–Crippen LogP) is 8.70. The van der Waals surface area contributed by atoms with E-state index in [2.05, 4.69) is 118 Å². The van der Waals surface area contributed by atoms with Gasteiger partial charge in [0, 0.05) is 0 Å². The first kappa shape index (κ1) is 35.7. The Bertz CT molecular complexity index is 536. The molecule has 0 spiro atoms. The van der Waals surface area contributed by atoms with Gasteiger partial charge < -0.3 is 14.7 Å². The minimum absolute atomic E-state index is 0.376. The molecular weight excluding hydrogens is 407 g/mol. The van der Waals surface area contributed by atoms with Crippen molar-refractivity contribution in [2.45, 2.75) is 131 Å². The molecule has 0 aromatic heterocycles. The average Bonchev–Trinajstić information content (AvgIpc) is 2.29. The summed E-state index contributed by atoms with van der Waals surface area (Å²) in [4.78, 5) is 21.6. The van der Waals surface area contributed by atoms with Crippen molar-refractivity contribution in [2.75, 3.05) is 0 Å². The Labute approximate surface area is 196 Å². The van der Waals surface area contributed by atoms with Crippen LogP contribution in [0, 0.1) is 38.4 Å². The minimum atomic E-state index is -4.64. The molecule has 192 valence electrons. The maximum Gasteiger partial charge on any atom is 0.466 e. The third-order valence-electron chi connectivity index (χ3n) is 7.26. The monoisotopic (exact) mass is 466 g/mol. The molecule has 5 heteroatoms. The van der Waals surface area contributed by atoms with E-state index in [0.29, 0.717) is 32.5 Å². The van der Waals surface area contributed by atoms with Crippen molar-refractivity contribution >= 4 is 7.82 Å². The van der Waals surface area contributed by atoms with Crippen molar-refractivity contribution in [1.82, 2.24) is 0 Å². The molecule has 0 radical (unpaired) electrons. The molecule has 1 atom stereocenters. The average molecular weight is 467 g/mol. The lowest BCUT2D eigenvalue weighted by Crippen LogP contribution is -2.42.